The summed E-state index contributed by atoms with van der Waals surface area (Å²) in [7, 11) is 1.72. The van der Waals surface area contributed by atoms with Gasteiger partial charge in [0.15, 0.2) is 0 Å². The van der Waals surface area contributed by atoms with Gasteiger partial charge in [-0.2, -0.15) is 0 Å². The van der Waals surface area contributed by atoms with Crippen LogP contribution in [0.25, 0.3) is 0 Å². The number of nitrogens with zero attached hydrogens (tertiary/aromatic N) is 2. The van der Waals surface area contributed by atoms with E-state index in [4.69, 9.17) is 21.3 Å². The van der Waals surface area contributed by atoms with Crippen LogP contribution < -0.4 is 4.74 Å². The molecule has 1 saturated heterocycles. The second-order valence-corrected chi connectivity index (χ2v) is 8.20. The molecule has 2 heterocycles. The van der Waals surface area contributed by atoms with Gasteiger partial charge < -0.3 is 9.64 Å². The van der Waals surface area contributed by atoms with Crippen LogP contribution in [0.4, 0.5) is 0 Å². The third-order valence-corrected chi connectivity index (χ3v) is 6.19. The number of amidine groups is 1. The zero-order valence-electron chi connectivity index (χ0n) is 14.8. The number of fused-ring (bicyclic) bond motifs is 1. The van der Waals surface area contributed by atoms with Crippen LogP contribution in [0, 0.1) is 0 Å². The van der Waals surface area contributed by atoms with Crippen molar-refractivity contribution in [2.24, 2.45) is 4.99 Å². The number of rotatable bonds is 5. The average Bonchev–Trinajstić information content (AvgIpc) is 3.24. The predicted octanol–water partition coefficient (Wildman–Crippen LogP) is 5.12. The molecule has 4 rings (SSSR count). The first kappa shape index (κ1) is 17.9. The molecule has 26 heavy (non-hydrogen) atoms. The third-order valence-electron chi connectivity index (χ3n) is 5.35. The van der Waals surface area contributed by atoms with E-state index < -0.39 is 0 Å². The molecule has 0 aliphatic carbocycles. The van der Waals surface area contributed by atoms with E-state index in [-0.39, 0.29) is 0 Å². The first-order valence-corrected chi connectivity index (χ1v) is 10.3. The number of benzene rings is 2. The molecule has 1 atom stereocenters. The van der Waals surface area contributed by atoms with Crippen molar-refractivity contribution in [2.75, 3.05) is 20.2 Å². The molecule has 0 spiro atoms. The van der Waals surface area contributed by atoms with Crippen LogP contribution in [0.15, 0.2) is 45.9 Å². The van der Waals surface area contributed by atoms with Crippen LogP contribution >= 0.6 is 27.5 Å². The fourth-order valence-corrected chi connectivity index (χ4v) is 4.73. The molecule has 2 aromatic rings. The van der Waals surface area contributed by atoms with Gasteiger partial charge in [0, 0.05) is 21.6 Å². The van der Waals surface area contributed by atoms with Crippen LogP contribution in [0.2, 0.25) is 5.02 Å². The van der Waals surface area contributed by atoms with Gasteiger partial charge in [0.25, 0.3) is 0 Å². The highest BCUT2D eigenvalue weighted by atomic mass is 79.9. The van der Waals surface area contributed by atoms with Crippen LogP contribution in [-0.4, -0.2) is 37.0 Å². The van der Waals surface area contributed by atoms with Crippen LogP contribution in [0.1, 0.15) is 29.5 Å². The lowest BCUT2D eigenvalue weighted by Gasteiger charge is -2.22. The van der Waals surface area contributed by atoms with Crippen molar-refractivity contribution in [2.45, 2.75) is 31.7 Å². The Bertz CT molecular complexity index is 852. The second-order valence-electron chi connectivity index (χ2n) is 6.88. The van der Waals surface area contributed by atoms with E-state index in [0.29, 0.717) is 6.04 Å². The van der Waals surface area contributed by atoms with Crippen molar-refractivity contribution >= 4 is 33.4 Å². The Morgan fingerprint density at radius 3 is 3.00 bits per heavy atom. The topological polar surface area (TPSA) is 24.8 Å². The fraction of sp³-hybridized carbons (Fsp3) is 0.381. The summed E-state index contributed by atoms with van der Waals surface area (Å²) < 4.78 is 6.58. The lowest BCUT2D eigenvalue weighted by Crippen LogP contribution is -2.32. The van der Waals surface area contributed by atoms with E-state index in [9.17, 15) is 0 Å². The molecule has 2 aliphatic heterocycles. The minimum Gasteiger partial charge on any atom is -0.496 e. The van der Waals surface area contributed by atoms with E-state index in [1.165, 1.54) is 29.5 Å². The Balaban J connectivity index is 1.62. The predicted molar refractivity (Wildman–Crippen MR) is 111 cm³/mol. The van der Waals surface area contributed by atoms with E-state index in [0.717, 1.165) is 47.0 Å². The fourth-order valence-electron chi connectivity index (χ4n) is 4.05. The molecule has 0 saturated carbocycles. The van der Waals surface area contributed by atoms with Gasteiger partial charge in [-0.05, 0) is 61.1 Å². The highest BCUT2D eigenvalue weighted by molar-refractivity contribution is 9.10. The lowest BCUT2D eigenvalue weighted by atomic mass is 9.98. The van der Waals surface area contributed by atoms with Crippen molar-refractivity contribution in [3.05, 3.63) is 62.6 Å². The lowest BCUT2D eigenvalue weighted by molar-refractivity contribution is 0.409. The number of hydrogen-bond acceptors (Lipinski definition) is 3. The van der Waals surface area contributed by atoms with Gasteiger partial charge in [0.1, 0.15) is 11.6 Å². The summed E-state index contributed by atoms with van der Waals surface area (Å²) in [5, 5.41) is 0.821. The summed E-state index contributed by atoms with van der Waals surface area (Å²) >= 11 is 10.2. The highest BCUT2D eigenvalue weighted by Gasteiger charge is 2.33. The standard InChI is InChI=1S/C21H22BrClN2O/c1-26-20-10-8-15(22)12-14(20)7-9-17-18(5-2-6-19(17)23)21-24-13-16-4-3-11-25(16)21/h2,5-6,8,10,12,16H,3-4,7,9,11,13H2,1H3. The first-order chi connectivity index (χ1) is 12.7. The van der Waals surface area contributed by atoms with Crippen LogP contribution in [0.5, 0.6) is 5.75 Å². The summed E-state index contributed by atoms with van der Waals surface area (Å²) in [4.78, 5) is 7.31. The second kappa shape index (κ2) is 7.61. The maximum absolute atomic E-state index is 6.61. The summed E-state index contributed by atoms with van der Waals surface area (Å²) in [6.45, 7) is 2.02. The van der Waals surface area contributed by atoms with Crippen molar-refractivity contribution in [1.29, 1.82) is 0 Å². The number of halogens is 2. The van der Waals surface area contributed by atoms with E-state index >= 15 is 0 Å². The number of aryl methyl sites for hydroxylation is 1. The zero-order chi connectivity index (χ0) is 18.1. The van der Waals surface area contributed by atoms with E-state index in [2.05, 4.69) is 33.0 Å². The number of methoxy groups -OCH3 is 1. The number of ether oxygens (including phenoxy) is 1. The van der Waals surface area contributed by atoms with Crippen LogP contribution in [-0.2, 0) is 12.8 Å². The monoisotopic (exact) mass is 432 g/mol. The number of hydrogen-bond donors (Lipinski definition) is 0. The van der Waals surface area contributed by atoms with Crippen molar-refractivity contribution in [3.8, 4) is 5.75 Å². The molecule has 136 valence electrons. The first-order valence-electron chi connectivity index (χ1n) is 9.08. The van der Waals surface area contributed by atoms with Gasteiger partial charge >= 0.3 is 0 Å². The minimum atomic E-state index is 0.585. The molecular formula is C21H22BrClN2O. The van der Waals surface area contributed by atoms with Gasteiger partial charge in [-0.1, -0.05) is 39.7 Å². The highest BCUT2D eigenvalue weighted by Crippen LogP contribution is 2.31. The molecule has 0 radical (unpaired) electrons. The maximum atomic E-state index is 6.61. The van der Waals surface area contributed by atoms with Gasteiger partial charge in [0.05, 0.1) is 19.7 Å². The molecular weight excluding hydrogens is 412 g/mol. The molecule has 0 N–H and O–H groups in total. The van der Waals surface area contributed by atoms with Crippen molar-refractivity contribution < 1.29 is 4.74 Å². The average molecular weight is 434 g/mol. The van der Waals surface area contributed by atoms with Gasteiger partial charge in [0.2, 0.25) is 0 Å². The SMILES string of the molecule is COc1ccc(Br)cc1CCc1c(Cl)cccc1C1=NCC2CCCN12. The minimum absolute atomic E-state index is 0.585. The Morgan fingerprint density at radius 2 is 2.15 bits per heavy atom. The molecule has 3 nitrogen and oxygen atoms in total. The van der Waals surface area contributed by atoms with Crippen molar-refractivity contribution in [3.63, 3.8) is 0 Å². The summed E-state index contributed by atoms with van der Waals surface area (Å²) in [5.74, 6) is 2.05. The summed E-state index contributed by atoms with van der Waals surface area (Å²) in [6.07, 6.45) is 4.24. The molecule has 2 aromatic carbocycles. The molecule has 1 unspecified atom stereocenters. The van der Waals surface area contributed by atoms with Gasteiger partial charge in [-0.3, -0.25) is 4.99 Å². The Morgan fingerprint density at radius 1 is 1.27 bits per heavy atom. The molecule has 0 bridgehead atoms. The molecule has 2 aliphatic rings. The molecule has 0 amide bonds. The van der Waals surface area contributed by atoms with Crippen LogP contribution in [0.3, 0.4) is 0 Å². The third kappa shape index (κ3) is 3.37. The van der Waals surface area contributed by atoms with Gasteiger partial charge in [-0.15, -0.1) is 0 Å². The maximum Gasteiger partial charge on any atom is 0.131 e. The quantitative estimate of drug-likeness (QED) is 0.654. The Kier molecular flexibility index (Phi) is 5.23. The van der Waals surface area contributed by atoms with E-state index in [1.54, 1.807) is 7.11 Å². The molecule has 5 heteroatoms. The number of aliphatic imine (C=N–C) groups is 1. The van der Waals surface area contributed by atoms with Crippen molar-refractivity contribution in [1.82, 2.24) is 4.90 Å². The summed E-state index contributed by atoms with van der Waals surface area (Å²) in [5.41, 5.74) is 3.55. The van der Waals surface area contributed by atoms with Gasteiger partial charge in [-0.25, -0.2) is 0 Å². The zero-order valence-corrected chi connectivity index (χ0v) is 17.2. The molecule has 0 aromatic heterocycles. The summed E-state index contributed by atoms with van der Waals surface area (Å²) in [6, 6.07) is 12.9. The Hall–Kier alpha value is -1.52. The normalized spacial score (nSPS) is 18.8. The Labute approximate surface area is 168 Å². The molecule has 1 fully saturated rings. The largest absolute Gasteiger partial charge is 0.496 e. The smallest absolute Gasteiger partial charge is 0.131 e. The van der Waals surface area contributed by atoms with E-state index in [1.807, 2.05) is 24.3 Å².